The summed E-state index contributed by atoms with van der Waals surface area (Å²) in [6.07, 6.45) is -0.380. The molecule has 1 unspecified atom stereocenters. The van der Waals surface area contributed by atoms with Crippen molar-refractivity contribution in [1.29, 1.82) is 0 Å². The van der Waals surface area contributed by atoms with Crippen LogP contribution in [0.4, 0.5) is 4.79 Å². The van der Waals surface area contributed by atoms with E-state index in [0.717, 1.165) is 0 Å². The average molecular weight is 231 g/mol. The van der Waals surface area contributed by atoms with Crippen LogP contribution < -0.4 is 5.32 Å². The Kier molecular flexibility index (Phi) is 5.49. The molecule has 0 aliphatic carbocycles. The molecule has 16 heavy (non-hydrogen) atoms. The van der Waals surface area contributed by atoms with Gasteiger partial charge in [-0.2, -0.15) is 0 Å². The maximum atomic E-state index is 11.3. The molecule has 92 valence electrons. The van der Waals surface area contributed by atoms with Gasteiger partial charge in [0.1, 0.15) is 17.9 Å². The Labute approximate surface area is 94.3 Å². The molecule has 6 nitrogen and oxygen atoms in total. The Bertz CT molecular complexity index is 269. The van der Waals surface area contributed by atoms with Gasteiger partial charge in [-0.1, -0.05) is 0 Å². The number of ether oxygens (including phenoxy) is 2. The highest BCUT2D eigenvalue weighted by atomic mass is 16.6. The molecule has 0 rings (SSSR count). The summed E-state index contributed by atoms with van der Waals surface area (Å²) in [5.41, 5.74) is -0.661. The molecule has 0 saturated heterocycles. The van der Waals surface area contributed by atoms with Crippen molar-refractivity contribution in [3.05, 3.63) is 0 Å². The van der Waals surface area contributed by atoms with Gasteiger partial charge in [0.25, 0.3) is 0 Å². The molecule has 0 spiro atoms. The molecule has 0 aromatic carbocycles. The summed E-state index contributed by atoms with van der Waals surface area (Å²) in [5, 5.41) is 2.26. The van der Waals surface area contributed by atoms with Gasteiger partial charge in [-0.25, -0.2) is 9.59 Å². The van der Waals surface area contributed by atoms with Gasteiger partial charge >= 0.3 is 12.1 Å². The van der Waals surface area contributed by atoms with Crippen LogP contribution in [0.1, 0.15) is 27.2 Å². The smallest absolute Gasteiger partial charge is 0.408 e. The highest BCUT2D eigenvalue weighted by Crippen LogP contribution is 2.07. The van der Waals surface area contributed by atoms with Crippen molar-refractivity contribution in [3.8, 4) is 0 Å². The second kappa shape index (κ2) is 6.09. The first-order valence-electron chi connectivity index (χ1n) is 4.81. The maximum Gasteiger partial charge on any atom is 0.408 e. The molecule has 0 saturated carbocycles. The van der Waals surface area contributed by atoms with Crippen LogP contribution in [-0.4, -0.2) is 37.1 Å². The van der Waals surface area contributed by atoms with E-state index in [0.29, 0.717) is 6.29 Å². The standard InChI is InChI=1S/C10H17NO5/c1-10(2,3)16-9(14)11-7(5-6-12)8(13)15-4/h6-7H,5H2,1-4H3,(H,11,14). The third-order valence-electron chi connectivity index (χ3n) is 1.51. The molecule has 1 N–H and O–H groups in total. The second-order valence-electron chi connectivity index (χ2n) is 4.12. The zero-order valence-electron chi connectivity index (χ0n) is 9.90. The lowest BCUT2D eigenvalue weighted by Crippen LogP contribution is -2.44. The quantitative estimate of drug-likeness (QED) is 0.567. The number of alkyl carbamates (subject to hydrolysis) is 1. The van der Waals surface area contributed by atoms with Crippen molar-refractivity contribution < 1.29 is 23.9 Å². The fraction of sp³-hybridized carbons (Fsp3) is 0.700. The molecule has 0 heterocycles. The van der Waals surface area contributed by atoms with Crippen molar-refractivity contribution in [3.63, 3.8) is 0 Å². The number of rotatable bonds is 4. The lowest BCUT2D eigenvalue weighted by molar-refractivity contribution is -0.143. The lowest BCUT2D eigenvalue weighted by atomic mass is 10.2. The summed E-state index contributed by atoms with van der Waals surface area (Å²) in [6, 6.07) is -1.00. The molecule has 0 bridgehead atoms. The van der Waals surface area contributed by atoms with Crippen molar-refractivity contribution in [2.24, 2.45) is 0 Å². The predicted molar refractivity (Wildman–Crippen MR) is 55.9 cm³/mol. The van der Waals surface area contributed by atoms with Gasteiger partial charge in [-0.3, -0.25) is 0 Å². The van der Waals surface area contributed by atoms with E-state index in [1.807, 2.05) is 0 Å². The average Bonchev–Trinajstić information content (AvgIpc) is 2.13. The first-order chi connectivity index (χ1) is 7.30. The fourth-order valence-corrected chi connectivity index (χ4v) is 0.902. The van der Waals surface area contributed by atoms with Crippen LogP contribution in [-0.2, 0) is 19.1 Å². The number of carbonyl (C=O) groups excluding carboxylic acids is 3. The van der Waals surface area contributed by atoms with Gasteiger partial charge in [0.15, 0.2) is 0 Å². The van der Waals surface area contributed by atoms with Crippen LogP contribution in [0.25, 0.3) is 0 Å². The molecule has 0 aliphatic heterocycles. The summed E-state index contributed by atoms with van der Waals surface area (Å²) >= 11 is 0. The Hall–Kier alpha value is -1.59. The summed E-state index contributed by atoms with van der Waals surface area (Å²) in [6.45, 7) is 5.08. The van der Waals surface area contributed by atoms with E-state index < -0.39 is 23.7 Å². The monoisotopic (exact) mass is 231 g/mol. The Morgan fingerprint density at radius 1 is 1.38 bits per heavy atom. The summed E-state index contributed by atoms with van der Waals surface area (Å²) in [5.74, 6) is -0.682. The summed E-state index contributed by atoms with van der Waals surface area (Å²) < 4.78 is 9.36. The molecule has 6 heteroatoms. The molecular weight excluding hydrogens is 214 g/mol. The number of nitrogens with one attached hydrogen (secondary N) is 1. The number of hydrogen-bond acceptors (Lipinski definition) is 5. The van der Waals surface area contributed by atoms with E-state index in [2.05, 4.69) is 10.1 Å². The Morgan fingerprint density at radius 3 is 2.31 bits per heavy atom. The third kappa shape index (κ3) is 6.00. The van der Waals surface area contributed by atoms with Crippen molar-refractivity contribution in [2.45, 2.75) is 38.8 Å². The Balaban J connectivity index is 4.34. The van der Waals surface area contributed by atoms with Crippen LogP contribution in [0, 0.1) is 0 Å². The van der Waals surface area contributed by atoms with E-state index in [1.54, 1.807) is 20.8 Å². The second-order valence-corrected chi connectivity index (χ2v) is 4.12. The zero-order valence-corrected chi connectivity index (χ0v) is 9.90. The summed E-state index contributed by atoms with van der Waals surface area (Å²) in [4.78, 5) is 32.8. The van der Waals surface area contributed by atoms with Crippen LogP contribution in [0.2, 0.25) is 0 Å². The lowest BCUT2D eigenvalue weighted by Gasteiger charge is -2.21. The first-order valence-corrected chi connectivity index (χ1v) is 4.81. The number of hydrogen-bond donors (Lipinski definition) is 1. The molecule has 0 radical (unpaired) electrons. The minimum Gasteiger partial charge on any atom is -0.467 e. The summed E-state index contributed by atoms with van der Waals surface area (Å²) in [7, 11) is 1.18. The van der Waals surface area contributed by atoms with E-state index in [1.165, 1.54) is 7.11 Å². The van der Waals surface area contributed by atoms with Crippen molar-refractivity contribution in [2.75, 3.05) is 7.11 Å². The predicted octanol–water partition coefficient (Wildman–Crippen LogP) is 0.642. The maximum absolute atomic E-state index is 11.3. The molecule has 0 aromatic heterocycles. The third-order valence-corrected chi connectivity index (χ3v) is 1.51. The molecule has 1 amide bonds. The number of carbonyl (C=O) groups is 3. The fourth-order valence-electron chi connectivity index (χ4n) is 0.902. The zero-order chi connectivity index (χ0) is 12.8. The van der Waals surface area contributed by atoms with Crippen molar-refractivity contribution in [1.82, 2.24) is 5.32 Å². The van der Waals surface area contributed by atoms with Gasteiger partial charge in [0.2, 0.25) is 0 Å². The van der Waals surface area contributed by atoms with Crippen LogP contribution in [0.5, 0.6) is 0 Å². The molecule has 1 atom stereocenters. The SMILES string of the molecule is COC(=O)C(CC=O)NC(=O)OC(C)(C)C. The van der Waals surface area contributed by atoms with Crippen molar-refractivity contribution >= 4 is 18.3 Å². The highest BCUT2D eigenvalue weighted by Gasteiger charge is 2.24. The van der Waals surface area contributed by atoms with E-state index >= 15 is 0 Å². The normalized spacial score (nSPS) is 12.5. The number of amides is 1. The minimum absolute atomic E-state index is 0.147. The first kappa shape index (κ1) is 14.4. The molecule has 0 aliphatic rings. The molecule has 0 fully saturated rings. The number of esters is 1. The number of methoxy groups -OCH3 is 1. The van der Waals surface area contributed by atoms with Crippen LogP contribution >= 0.6 is 0 Å². The minimum atomic E-state index is -1.00. The van der Waals surface area contributed by atoms with Crippen LogP contribution in [0.15, 0.2) is 0 Å². The van der Waals surface area contributed by atoms with Gasteiger partial charge in [0, 0.05) is 6.42 Å². The van der Waals surface area contributed by atoms with Crippen LogP contribution in [0.3, 0.4) is 0 Å². The molecule has 0 aromatic rings. The van der Waals surface area contributed by atoms with Gasteiger partial charge < -0.3 is 19.6 Å². The number of aldehydes is 1. The largest absolute Gasteiger partial charge is 0.467 e. The molecular formula is C10H17NO5. The van der Waals surface area contributed by atoms with Gasteiger partial charge in [-0.05, 0) is 20.8 Å². The van der Waals surface area contributed by atoms with Gasteiger partial charge in [0.05, 0.1) is 7.11 Å². The van der Waals surface area contributed by atoms with E-state index in [4.69, 9.17) is 4.74 Å². The van der Waals surface area contributed by atoms with Gasteiger partial charge in [-0.15, -0.1) is 0 Å². The highest BCUT2D eigenvalue weighted by molar-refractivity contribution is 5.83. The topological polar surface area (TPSA) is 81.7 Å². The van der Waals surface area contributed by atoms with E-state index in [9.17, 15) is 14.4 Å². The Morgan fingerprint density at radius 2 is 1.94 bits per heavy atom. The van der Waals surface area contributed by atoms with E-state index in [-0.39, 0.29) is 6.42 Å².